The van der Waals surface area contributed by atoms with Crippen molar-refractivity contribution < 1.29 is 4.74 Å². The Kier molecular flexibility index (Phi) is 8.01. The zero-order valence-corrected chi connectivity index (χ0v) is 14.1. The van der Waals surface area contributed by atoms with E-state index in [-0.39, 0.29) is 0 Å². The first-order valence-electron chi connectivity index (χ1n) is 7.70. The van der Waals surface area contributed by atoms with Crippen LogP contribution in [0.1, 0.15) is 44.2 Å². The Balaban J connectivity index is 2.22. The Labute approximate surface area is 129 Å². The van der Waals surface area contributed by atoms with E-state index in [0.29, 0.717) is 0 Å². The molecule has 0 radical (unpaired) electrons. The van der Waals surface area contributed by atoms with E-state index in [2.05, 4.69) is 18.7 Å². The largest absolute Gasteiger partial charge is 0.494 e. The second kappa shape index (κ2) is 9.25. The first-order valence-corrected chi connectivity index (χ1v) is 8.08. The molecule has 0 aliphatic carbocycles. The van der Waals surface area contributed by atoms with E-state index in [4.69, 9.17) is 16.3 Å². The molecule has 20 heavy (non-hydrogen) atoms. The second-order valence-electron chi connectivity index (χ2n) is 5.31. The molecule has 0 aliphatic heterocycles. The van der Waals surface area contributed by atoms with Crippen LogP contribution in [-0.4, -0.2) is 31.1 Å². The van der Waals surface area contributed by atoms with E-state index in [1.807, 2.05) is 26.0 Å². The molecule has 2 nitrogen and oxygen atoms in total. The molecule has 0 fully saturated rings. The van der Waals surface area contributed by atoms with Gasteiger partial charge in [-0.25, -0.2) is 0 Å². The van der Waals surface area contributed by atoms with Crippen molar-refractivity contribution in [3.05, 3.63) is 28.3 Å². The predicted molar refractivity (Wildman–Crippen MR) is 88.1 cm³/mol. The molecule has 114 valence electrons. The molecule has 1 rings (SSSR count). The lowest BCUT2D eigenvalue weighted by Crippen LogP contribution is -2.23. The van der Waals surface area contributed by atoms with Crippen molar-refractivity contribution in [2.45, 2.75) is 47.0 Å². The highest BCUT2D eigenvalue weighted by Crippen LogP contribution is 2.25. The quantitative estimate of drug-likeness (QED) is 0.604. The highest BCUT2D eigenvalue weighted by atomic mass is 35.5. The number of halogens is 1. The zero-order chi connectivity index (χ0) is 15.0. The van der Waals surface area contributed by atoms with Crippen LogP contribution in [-0.2, 0) is 0 Å². The van der Waals surface area contributed by atoms with Crippen LogP contribution in [0.5, 0.6) is 5.75 Å². The van der Waals surface area contributed by atoms with Crippen LogP contribution in [0.2, 0.25) is 5.02 Å². The van der Waals surface area contributed by atoms with Gasteiger partial charge in [-0.2, -0.15) is 0 Å². The summed E-state index contributed by atoms with van der Waals surface area (Å²) >= 11 is 6.15. The maximum Gasteiger partial charge on any atom is 0.119 e. The third-order valence-corrected chi connectivity index (χ3v) is 4.29. The minimum Gasteiger partial charge on any atom is -0.494 e. The standard InChI is InChI=1S/C17H28ClNO/c1-5-19(6-2)10-8-7-9-11-20-16-12-14(3)17(18)15(4)13-16/h12-13H,5-11H2,1-4H3. The Morgan fingerprint density at radius 2 is 1.60 bits per heavy atom. The molecule has 0 bridgehead atoms. The highest BCUT2D eigenvalue weighted by Gasteiger charge is 2.03. The van der Waals surface area contributed by atoms with Crippen molar-refractivity contribution in [3.63, 3.8) is 0 Å². The SMILES string of the molecule is CCN(CC)CCCCCOc1cc(C)c(Cl)c(C)c1. The van der Waals surface area contributed by atoms with Gasteiger partial charge in [-0.05, 0) is 76.0 Å². The molecular weight excluding hydrogens is 270 g/mol. The molecule has 0 atom stereocenters. The number of benzene rings is 1. The van der Waals surface area contributed by atoms with Crippen LogP contribution < -0.4 is 4.74 Å². The number of rotatable bonds is 9. The van der Waals surface area contributed by atoms with Crippen molar-refractivity contribution >= 4 is 11.6 Å². The van der Waals surface area contributed by atoms with E-state index in [1.54, 1.807) is 0 Å². The normalized spacial score (nSPS) is 11.1. The number of nitrogens with zero attached hydrogens (tertiary/aromatic N) is 1. The molecule has 0 unspecified atom stereocenters. The fourth-order valence-electron chi connectivity index (χ4n) is 2.33. The van der Waals surface area contributed by atoms with Gasteiger partial charge in [0.1, 0.15) is 5.75 Å². The first-order chi connectivity index (χ1) is 9.58. The molecule has 0 amide bonds. The molecule has 1 aromatic rings. The molecule has 0 aromatic heterocycles. The summed E-state index contributed by atoms with van der Waals surface area (Å²) in [5, 5.41) is 0.844. The summed E-state index contributed by atoms with van der Waals surface area (Å²) in [6.07, 6.45) is 3.59. The van der Waals surface area contributed by atoms with Crippen LogP contribution in [0.3, 0.4) is 0 Å². The van der Waals surface area contributed by atoms with E-state index in [1.165, 1.54) is 19.4 Å². The summed E-state index contributed by atoms with van der Waals surface area (Å²) in [6.45, 7) is 12.8. The van der Waals surface area contributed by atoms with E-state index < -0.39 is 0 Å². The minimum atomic E-state index is 0.790. The minimum absolute atomic E-state index is 0.790. The molecule has 0 saturated carbocycles. The summed E-state index contributed by atoms with van der Waals surface area (Å²) < 4.78 is 5.81. The van der Waals surface area contributed by atoms with Gasteiger partial charge >= 0.3 is 0 Å². The van der Waals surface area contributed by atoms with Crippen LogP contribution in [0, 0.1) is 13.8 Å². The van der Waals surface area contributed by atoms with Gasteiger partial charge in [0.25, 0.3) is 0 Å². The molecule has 0 N–H and O–H groups in total. The maximum atomic E-state index is 6.15. The van der Waals surface area contributed by atoms with Gasteiger partial charge in [-0.15, -0.1) is 0 Å². The molecule has 0 heterocycles. The van der Waals surface area contributed by atoms with Crippen LogP contribution in [0.15, 0.2) is 12.1 Å². The molecule has 1 aromatic carbocycles. The average molecular weight is 298 g/mol. The third kappa shape index (κ3) is 5.72. The number of ether oxygens (including phenoxy) is 1. The van der Waals surface area contributed by atoms with Gasteiger partial charge in [0, 0.05) is 5.02 Å². The lowest BCUT2D eigenvalue weighted by Gasteiger charge is -2.17. The molecule has 0 saturated heterocycles. The van der Waals surface area contributed by atoms with Crippen LogP contribution in [0.4, 0.5) is 0 Å². The maximum absolute atomic E-state index is 6.15. The monoisotopic (exact) mass is 297 g/mol. The average Bonchev–Trinajstić information content (AvgIpc) is 2.44. The van der Waals surface area contributed by atoms with Gasteiger partial charge in [-0.3, -0.25) is 0 Å². The molecule has 0 spiro atoms. The second-order valence-corrected chi connectivity index (χ2v) is 5.69. The van der Waals surface area contributed by atoms with Crippen LogP contribution >= 0.6 is 11.6 Å². The van der Waals surface area contributed by atoms with E-state index in [0.717, 1.165) is 48.0 Å². The summed E-state index contributed by atoms with van der Waals surface area (Å²) in [6, 6.07) is 4.04. The summed E-state index contributed by atoms with van der Waals surface area (Å²) in [7, 11) is 0. The summed E-state index contributed by atoms with van der Waals surface area (Å²) in [5.41, 5.74) is 2.17. The number of hydrogen-bond donors (Lipinski definition) is 0. The Hall–Kier alpha value is -0.730. The lowest BCUT2D eigenvalue weighted by molar-refractivity contribution is 0.277. The van der Waals surface area contributed by atoms with E-state index >= 15 is 0 Å². The Bertz CT molecular complexity index is 379. The van der Waals surface area contributed by atoms with Crippen molar-refractivity contribution in [1.82, 2.24) is 4.90 Å². The number of aryl methyl sites for hydroxylation is 2. The zero-order valence-electron chi connectivity index (χ0n) is 13.3. The van der Waals surface area contributed by atoms with E-state index in [9.17, 15) is 0 Å². The molecule has 0 aliphatic rings. The Morgan fingerprint density at radius 3 is 2.15 bits per heavy atom. The van der Waals surface area contributed by atoms with Crippen molar-refractivity contribution in [2.24, 2.45) is 0 Å². The van der Waals surface area contributed by atoms with Gasteiger partial charge in [-0.1, -0.05) is 25.4 Å². The topological polar surface area (TPSA) is 12.5 Å². The van der Waals surface area contributed by atoms with Gasteiger partial charge < -0.3 is 9.64 Å². The molecule has 3 heteroatoms. The van der Waals surface area contributed by atoms with Gasteiger partial charge in [0.15, 0.2) is 0 Å². The number of unbranched alkanes of at least 4 members (excludes halogenated alkanes) is 2. The predicted octanol–water partition coefficient (Wildman–Crippen LogP) is 4.85. The third-order valence-electron chi connectivity index (χ3n) is 3.69. The van der Waals surface area contributed by atoms with Crippen molar-refractivity contribution in [2.75, 3.05) is 26.2 Å². The van der Waals surface area contributed by atoms with Crippen LogP contribution in [0.25, 0.3) is 0 Å². The summed E-state index contributed by atoms with van der Waals surface area (Å²) in [4.78, 5) is 2.47. The summed E-state index contributed by atoms with van der Waals surface area (Å²) in [5.74, 6) is 0.938. The highest BCUT2D eigenvalue weighted by molar-refractivity contribution is 6.32. The first kappa shape index (κ1) is 17.3. The smallest absolute Gasteiger partial charge is 0.119 e. The fraction of sp³-hybridized carbons (Fsp3) is 0.647. The van der Waals surface area contributed by atoms with Gasteiger partial charge in [0.2, 0.25) is 0 Å². The van der Waals surface area contributed by atoms with Crippen molar-refractivity contribution in [1.29, 1.82) is 0 Å². The fourth-order valence-corrected chi connectivity index (χ4v) is 2.44. The number of hydrogen-bond acceptors (Lipinski definition) is 2. The van der Waals surface area contributed by atoms with Crippen molar-refractivity contribution in [3.8, 4) is 5.75 Å². The van der Waals surface area contributed by atoms with Gasteiger partial charge in [0.05, 0.1) is 6.61 Å². The molecular formula is C17H28ClNO. The Morgan fingerprint density at radius 1 is 1.00 bits per heavy atom. The lowest BCUT2D eigenvalue weighted by atomic mass is 10.1.